The summed E-state index contributed by atoms with van der Waals surface area (Å²) in [5.41, 5.74) is 1.99. The van der Waals surface area contributed by atoms with Crippen molar-refractivity contribution in [2.75, 3.05) is 38.3 Å². The van der Waals surface area contributed by atoms with Gasteiger partial charge in [-0.2, -0.15) is 5.26 Å². The first-order chi connectivity index (χ1) is 11.2. The van der Waals surface area contributed by atoms with Crippen molar-refractivity contribution in [2.24, 2.45) is 0 Å². The molecular formula is C18H22N2O3. The number of ether oxygens (including phenoxy) is 2. The summed E-state index contributed by atoms with van der Waals surface area (Å²) in [6, 6.07) is 9.79. The smallest absolute Gasteiger partial charge is 0.348 e. The molecule has 5 nitrogen and oxygen atoms in total. The Balaban J connectivity index is 2.02. The Hall–Kier alpha value is -2.32. The van der Waals surface area contributed by atoms with Crippen LogP contribution in [0.15, 0.2) is 29.8 Å². The molecule has 1 saturated heterocycles. The van der Waals surface area contributed by atoms with Gasteiger partial charge in [0.05, 0.1) is 6.61 Å². The van der Waals surface area contributed by atoms with Crippen LogP contribution in [-0.2, 0) is 14.3 Å². The Morgan fingerprint density at radius 2 is 1.91 bits per heavy atom. The number of piperidine rings is 1. The second kappa shape index (κ2) is 8.96. The fourth-order valence-corrected chi connectivity index (χ4v) is 2.53. The van der Waals surface area contributed by atoms with Gasteiger partial charge in [-0.25, -0.2) is 4.79 Å². The Bertz CT molecular complexity index is 581. The average molecular weight is 314 g/mol. The quantitative estimate of drug-likeness (QED) is 0.350. The molecule has 1 aliphatic rings. The zero-order chi connectivity index (χ0) is 16.5. The molecule has 23 heavy (non-hydrogen) atoms. The fraction of sp³-hybridized carbons (Fsp3) is 0.444. The van der Waals surface area contributed by atoms with Crippen molar-refractivity contribution in [3.05, 3.63) is 35.4 Å². The topological polar surface area (TPSA) is 62.6 Å². The molecule has 0 amide bonds. The fourth-order valence-electron chi connectivity index (χ4n) is 2.53. The van der Waals surface area contributed by atoms with Gasteiger partial charge in [-0.3, -0.25) is 0 Å². The predicted molar refractivity (Wildman–Crippen MR) is 88.9 cm³/mol. The molecular weight excluding hydrogens is 292 g/mol. The van der Waals surface area contributed by atoms with Crippen LogP contribution in [0.4, 0.5) is 5.69 Å². The Morgan fingerprint density at radius 3 is 2.52 bits per heavy atom. The number of rotatable bonds is 6. The maximum Gasteiger partial charge on any atom is 0.348 e. The van der Waals surface area contributed by atoms with Gasteiger partial charge in [-0.05, 0) is 43.0 Å². The number of nitriles is 1. The minimum Gasteiger partial charge on any atom is -0.459 e. The number of hydrogen-bond donors (Lipinski definition) is 0. The standard InChI is InChI=1S/C18H22N2O3/c1-22-11-12-23-18(21)16(14-19)13-15-5-7-17(8-6-15)20-9-3-2-4-10-20/h5-8,13H,2-4,9-12H2,1H3/b16-13+. The van der Waals surface area contributed by atoms with Crippen molar-refractivity contribution < 1.29 is 14.3 Å². The Morgan fingerprint density at radius 1 is 1.22 bits per heavy atom. The zero-order valence-electron chi connectivity index (χ0n) is 13.5. The molecule has 2 rings (SSSR count). The third kappa shape index (κ3) is 5.11. The van der Waals surface area contributed by atoms with E-state index in [4.69, 9.17) is 14.7 Å². The van der Waals surface area contributed by atoms with Crippen molar-refractivity contribution in [1.82, 2.24) is 0 Å². The minimum absolute atomic E-state index is 0.00757. The number of benzene rings is 1. The van der Waals surface area contributed by atoms with Gasteiger partial charge in [0.2, 0.25) is 0 Å². The van der Waals surface area contributed by atoms with Crippen LogP contribution in [0.3, 0.4) is 0 Å². The second-order valence-corrected chi connectivity index (χ2v) is 5.44. The SMILES string of the molecule is COCCOC(=O)/C(C#N)=C/c1ccc(N2CCCCC2)cc1. The zero-order valence-corrected chi connectivity index (χ0v) is 13.5. The van der Waals surface area contributed by atoms with Crippen molar-refractivity contribution in [1.29, 1.82) is 5.26 Å². The van der Waals surface area contributed by atoms with Crippen molar-refractivity contribution in [3.8, 4) is 6.07 Å². The minimum atomic E-state index is -0.621. The van der Waals surface area contributed by atoms with Crippen molar-refractivity contribution >= 4 is 17.7 Å². The van der Waals surface area contributed by atoms with Crippen LogP contribution in [0.5, 0.6) is 0 Å². The van der Waals surface area contributed by atoms with E-state index in [9.17, 15) is 4.79 Å². The lowest BCUT2D eigenvalue weighted by atomic mass is 10.1. The molecule has 0 radical (unpaired) electrons. The highest BCUT2D eigenvalue weighted by Crippen LogP contribution is 2.21. The lowest BCUT2D eigenvalue weighted by molar-refractivity contribution is -0.139. The molecule has 1 aliphatic heterocycles. The number of methoxy groups -OCH3 is 1. The number of anilines is 1. The van der Waals surface area contributed by atoms with E-state index >= 15 is 0 Å². The van der Waals surface area contributed by atoms with Crippen LogP contribution in [0.2, 0.25) is 0 Å². The van der Waals surface area contributed by atoms with Crippen molar-refractivity contribution in [3.63, 3.8) is 0 Å². The number of carbonyl (C=O) groups excluding carboxylic acids is 1. The molecule has 0 spiro atoms. The Kier molecular flexibility index (Phi) is 6.64. The first kappa shape index (κ1) is 17.0. The van der Waals surface area contributed by atoms with Gasteiger partial charge in [-0.1, -0.05) is 12.1 Å². The number of carbonyl (C=O) groups is 1. The van der Waals surface area contributed by atoms with Gasteiger partial charge in [0.15, 0.2) is 0 Å². The normalized spacial score (nSPS) is 15.1. The van der Waals surface area contributed by atoms with Gasteiger partial charge in [-0.15, -0.1) is 0 Å². The average Bonchev–Trinajstić information content (AvgIpc) is 2.61. The van der Waals surface area contributed by atoms with E-state index in [0.29, 0.717) is 6.61 Å². The molecule has 0 atom stereocenters. The molecule has 1 heterocycles. The molecule has 0 unspecified atom stereocenters. The van der Waals surface area contributed by atoms with E-state index in [0.717, 1.165) is 18.7 Å². The molecule has 0 aliphatic carbocycles. The van der Waals surface area contributed by atoms with E-state index in [1.165, 1.54) is 32.1 Å². The largest absolute Gasteiger partial charge is 0.459 e. The summed E-state index contributed by atoms with van der Waals surface area (Å²) >= 11 is 0. The number of esters is 1. The van der Waals surface area contributed by atoms with Gasteiger partial charge < -0.3 is 14.4 Å². The third-order valence-corrected chi connectivity index (χ3v) is 3.79. The molecule has 5 heteroatoms. The van der Waals surface area contributed by atoms with E-state index in [1.54, 1.807) is 6.08 Å². The van der Waals surface area contributed by atoms with Gasteiger partial charge in [0.25, 0.3) is 0 Å². The van der Waals surface area contributed by atoms with Gasteiger partial charge >= 0.3 is 5.97 Å². The van der Waals surface area contributed by atoms with Crippen LogP contribution >= 0.6 is 0 Å². The maximum absolute atomic E-state index is 11.8. The van der Waals surface area contributed by atoms with Crippen LogP contribution in [0.25, 0.3) is 6.08 Å². The summed E-state index contributed by atoms with van der Waals surface area (Å²) in [7, 11) is 1.53. The van der Waals surface area contributed by atoms with Gasteiger partial charge in [0.1, 0.15) is 18.2 Å². The predicted octanol–water partition coefficient (Wildman–Crippen LogP) is 2.77. The summed E-state index contributed by atoms with van der Waals surface area (Å²) in [4.78, 5) is 14.2. The Labute approximate surface area is 137 Å². The summed E-state index contributed by atoms with van der Waals surface area (Å²) in [6.07, 6.45) is 5.31. The first-order valence-corrected chi connectivity index (χ1v) is 7.87. The van der Waals surface area contributed by atoms with E-state index in [2.05, 4.69) is 4.90 Å². The molecule has 1 aromatic rings. The lowest BCUT2D eigenvalue weighted by Gasteiger charge is -2.28. The summed E-state index contributed by atoms with van der Waals surface area (Å²) in [6.45, 7) is 2.63. The summed E-state index contributed by atoms with van der Waals surface area (Å²) < 4.78 is 9.77. The lowest BCUT2D eigenvalue weighted by Crippen LogP contribution is -2.29. The highest BCUT2D eigenvalue weighted by atomic mass is 16.6. The van der Waals surface area contributed by atoms with Crippen LogP contribution < -0.4 is 4.90 Å². The van der Waals surface area contributed by atoms with Gasteiger partial charge in [0, 0.05) is 25.9 Å². The van der Waals surface area contributed by atoms with Crippen LogP contribution in [-0.4, -0.2) is 39.4 Å². The molecule has 1 fully saturated rings. The third-order valence-electron chi connectivity index (χ3n) is 3.79. The second-order valence-electron chi connectivity index (χ2n) is 5.44. The molecule has 0 N–H and O–H groups in total. The molecule has 0 aromatic heterocycles. The highest BCUT2D eigenvalue weighted by molar-refractivity contribution is 5.97. The van der Waals surface area contributed by atoms with E-state index in [-0.39, 0.29) is 12.2 Å². The summed E-state index contributed by atoms with van der Waals surface area (Å²) in [5, 5.41) is 9.11. The molecule has 0 saturated carbocycles. The molecule has 0 bridgehead atoms. The number of hydrogen-bond acceptors (Lipinski definition) is 5. The summed E-state index contributed by atoms with van der Waals surface area (Å²) in [5.74, 6) is -0.621. The molecule has 122 valence electrons. The monoisotopic (exact) mass is 314 g/mol. The maximum atomic E-state index is 11.8. The van der Waals surface area contributed by atoms with Crippen LogP contribution in [0.1, 0.15) is 24.8 Å². The first-order valence-electron chi connectivity index (χ1n) is 7.87. The van der Waals surface area contributed by atoms with E-state index < -0.39 is 5.97 Å². The van der Waals surface area contributed by atoms with E-state index in [1.807, 2.05) is 30.3 Å². The van der Waals surface area contributed by atoms with Crippen LogP contribution in [0, 0.1) is 11.3 Å². The van der Waals surface area contributed by atoms with Crippen molar-refractivity contribution in [2.45, 2.75) is 19.3 Å². The highest BCUT2D eigenvalue weighted by Gasteiger charge is 2.12. The molecule has 1 aromatic carbocycles. The number of nitrogens with zero attached hydrogens (tertiary/aromatic N) is 2.